The Morgan fingerprint density at radius 3 is 2.65 bits per heavy atom. The standard InChI is InChI=1S/C21H32O5/c1-19(17-11-25-18(24)26-17)7-6-15-13(8-19)4-5-16-20(2,12-22)9-14(23)10-21(15,16)3/h8,14-17,22-23H,4-7,9-12H2,1-3H3. The van der Waals surface area contributed by atoms with Crippen molar-refractivity contribution in [2.24, 2.45) is 28.1 Å². The molecule has 7 unspecified atom stereocenters. The summed E-state index contributed by atoms with van der Waals surface area (Å²) in [6.07, 6.45) is 6.85. The van der Waals surface area contributed by atoms with Gasteiger partial charge in [-0.25, -0.2) is 4.79 Å². The number of hydrogen-bond donors (Lipinski definition) is 2. The second-order valence-electron chi connectivity index (χ2n) is 9.96. The fourth-order valence-electron chi connectivity index (χ4n) is 6.89. The van der Waals surface area contributed by atoms with Gasteiger partial charge in [0.25, 0.3) is 0 Å². The van der Waals surface area contributed by atoms with Gasteiger partial charge in [0.05, 0.1) is 6.10 Å². The topological polar surface area (TPSA) is 76.0 Å². The van der Waals surface area contributed by atoms with Crippen LogP contribution in [0.2, 0.25) is 0 Å². The Hall–Kier alpha value is -1.07. The molecule has 0 spiro atoms. The lowest BCUT2D eigenvalue weighted by Crippen LogP contribution is -2.56. The van der Waals surface area contributed by atoms with Gasteiger partial charge in [-0.2, -0.15) is 0 Å². The Morgan fingerprint density at radius 2 is 2.00 bits per heavy atom. The van der Waals surface area contributed by atoms with Gasteiger partial charge in [-0.3, -0.25) is 0 Å². The van der Waals surface area contributed by atoms with Gasteiger partial charge in [-0.1, -0.05) is 32.4 Å². The van der Waals surface area contributed by atoms with Crippen molar-refractivity contribution < 1.29 is 24.5 Å². The van der Waals surface area contributed by atoms with Crippen LogP contribution in [0.3, 0.4) is 0 Å². The first kappa shape index (κ1) is 18.3. The molecule has 0 bridgehead atoms. The zero-order valence-corrected chi connectivity index (χ0v) is 16.2. The van der Waals surface area contributed by atoms with Gasteiger partial charge in [0.1, 0.15) is 12.7 Å². The van der Waals surface area contributed by atoms with E-state index in [-0.39, 0.29) is 35.1 Å². The van der Waals surface area contributed by atoms with Gasteiger partial charge >= 0.3 is 6.16 Å². The third-order valence-corrected chi connectivity index (χ3v) is 8.15. The van der Waals surface area contributed by atoms with Gasteiger partial charge < -0.3 is 19.7 Å². The van der Waals surface area contributed by atoms with Crippen molar-refractivity contribution in [3.8, 4) is 0 Å². The summed E-state index contributed by atoms with van der Waals surface area (Å²) >= 11 is 0. The molecule has 0 aromatic rings. The molecule has 0 aromatic carbocycles. The van der Waals surface area contributed by atoms with Crippen molar-refractivity contribution in [1.82, 2.24) is 0 Å². The maximum absolute atomic E-state index is 11.4. The Morgan fingerprint density at radius 1 is 1.23 bits per heavy atom. The molecule has 146 valence electrons. The number of rotatable bonds is 2. The average Bonchev–Trinajstić information content (AvgIpc) is 3.01. The van der Waals surface area contributed by atoms with E-state index in [0.29, 0.717) is 24.9 Å². The molecule has 3 fully saturated rings. The van der Waals surface area contributed by atoms with Crippen molar-refractivity contribution in [3.63, 3.8) is 0 Å². The first-order valence-electron chi connectivity index (χ1n) is 10.0. The molecule has 4 rings (SSSR count). The summed E-state index contributed by atoms with van der Waals surface area (Å²) in [5, 5.41) is 20.7. The third kappa shape index (κ3) is 2.62. The van der Waals surface area contributed by atoms with Crippen LogP contribution in [0, 0.1) is 28.1 Å². The molecule has 1 saturated heterocycles. The van der Waals surface area contributed by atoms with E-state index in [4.69, 9.17) is 9.47 Å². The lowest BCUT2D eigenvalue weighted by molar-refractivity contribution is -0.133. The lowest BCUT2D eigenvalue weighted by Gasteiger charge is -2.61. The Bertz CT molecular complexity index is 630. The van der Waals surface area contributed by atoms with Gasteiger partial charge in [0.2, 0.25) is 0 Å². The Labute approximate surface area is 155 Å². The van der Waals surface area contributed by atoms with Crippen LogP contribution in [0.1, 0.15) is 59.3 Å². The first-order chi connectivity index (χ1) is 12.2. The van der Waals surface area contributed by atoms with Crippen molar-refractivity contribution in [3.05, 3.63) is 11.6 Å². The molecule has 26 heavy (non-hydrogen) atoms. The number of allylic oxidation sites excluding steroid dienone is 1. The molecule has 0 aromatic heterocycles. The van der Waals surface area contributed by atoms with E-state index in [2.05, 4.69) is 26.8 Å². The number of ether oxygens (including phenoxy) is 2. The van der Waals surface area contributed by atoms with Gasteiger partial charge in [0.15, 0.2) is 0 Å². The first-order valence-corrected chi connectivity index (χ1v) is 10.0. The quantitative estimate of drug-likeness (QED) is 0.580. The van der Waals surface area contributed by atoms with Crippen LogP contribution in [0.5, 0.6) is 0 Å². The Kier molecular flexibility index (Phi) is 4.20. The Balaban J connectivity index is 1.65. The maximum Gasteiger partial charge on any atom is 0.508 e. The monoisotopic (exact) mass is 364 g/mol. The van der Waals surface area contributed by atoms with E-state index >= 15 is 0 Å². The zero-order chi connectivity index (χ0) is 18.7. The molecule has 0 radical (unpaired) electrons. The molecule has 1 heterocycles. The van der Waals surface area contributed by atoms with Crippen molar-refractivity contribution in [1.29, 1.82) is 0 Å². The summed E-state index contributed by atoms with van der Waals surface area (Å²) in [5.74, 6) is 0.871. The minimum atomic E-state index is -0.554. The molecule has 5 heteroatoms. The molecular weight excluding hydrogens is 332 g/mol. The summed E-state index contributed by atoms with van der Waals surface area (Å²) < 4.78 is 10.4. The van der Waals surface area contributed by atoms with E-state index in [1.165, 1.54) is 5.57 Å². The summed E-state index contributed by atoms with van der Waals surface area (Å²) in [6, 6.07) is 0. The summed E-state index contributed by atoms with van der Waals surface area (Å²) in [6.45, 7) is 7.13. The fourth-order valence-corrected chi connectivity index (χ4v) is 6.89. The molecule has 2 saturated carbocycles. The van der Waals surface area contributed by atoms with E-state index < -0.39 is 6.16 Å². The molecule has 5 nitrogen and oxygen atoms in total. The predicted octanol–water partition coefficient (Wildman–Crippen LogP) is 3.43. The van der Waals surface area contributed by atoms with E-state index in [1.807, 2.05) is 0 Å². The van der Waals surface area contributed by atoms with Gasteiger partial charge in [-0.15, -0.1) is 0 Å². The van der Waals surface area contributed by atoms with Gasteiger partial charge in [-0.05, 0) is 61.2 Å². The second kappa shape index (κ2) is 5.96. The molecule has 4 aliphatic rings. The summed E-state index contributed by atoms with van der Waals surface area (Å²) in [4.78, 5) is 11.4. The number of cyclic esters (lactones) is 2. The highest BCUT2D eigenvalue weighted by Crippen LogP contribution is 2.64. The van der Waals surface area contributed by atoms with Crippen LogP contribution >= 0.6 is 0 Å². The highest BCUT2D eigenvalue weighted by Gasteiger charge is 2.58. The maximum atomic E-state index is 11.4. The smallest absolute Gasteiger partial charge is 0.430 e. The van der Waals surface area contributed by atoms with Crippen molar-refractivity contribution >= 4 is 6.16 Å². The summed E-state index contributed by atoms with van der Waals surface area (Å²) in [7, 11) is 0. The SMILES string of the molecule is CC1(C2COC(=O)O2)C=C2CCC3C(C)(CO)CC(O)CC3(C)C2CC1. The second-order valence-corrected chi connectivity index (χ2v) is 9.96. The predicted molar refractivity (Wildman–Crippen MR) is 96.4 cm³/mol. The zero-order valence-electron chi connectivity index (χ0n) is 16.2. The number of carbonyl (C=O) groups is 1. The number of fused-ring (bicyclic) bond motifs is 3. The largest absolute Gasteiger partial charge is 0.508 e. The minimum absolute atomic E-state index is 0.0173. The molecule has 3 aliphatic carbocycles. The number of aliphatic hydroxyl groups is 2. The highest BCUT2D eigenvalue weighted by molar-refractivity contribution is 5.62. The molecule has 7 atom stereocenters. The van der Waals surface area contributed by atoms with E-state index in [0.717, 1.165) is 32.1 Å². The van der Waals surface area contributed by atoms with E-state index in [9.17, 15) is 15.0 Å². The van der Waals surface area contributed by atoms with E-state index in [1.54, 1.807) is 0 Å². The third-order valence-electron chi connectivity index (χ3n) is 8.15. The number of carbonyl (C=O) groups excluding carboxylic acids is 1. The number of hydrogen-bond acceptors (Lipinski definition) is 5. The normalized spacial score (nSPS) is 51.0. The molecular formula is C21H32O5. The van der Waals surface area contributed by atoms with Crippen LogP contribution in [-0.4, -0.2) is 41.8 Å². The molecule has 1 aliphatic heterocycles. The van der Waals surface area contributed by atoms with Gasteiger partial charge in [0, 0.05) is 12.0 Å². The van der Waals surface area contributed by atoms with Crippen LogP contribution in [0.25, 0.3) is 0 Å². The minimum Gasteiger partial charge on any atom is -0.430 e. The highest BCUT2D eigenvalue weighted by atomic mass is 16.8. The number of aliphatic hydroxyl groups excluding tert-OH is 2. The van der Waals surface area contributed by atoms with Crippen LogP contribution in [-0.2, 0) is 9.47 Å². The summed E-state index contributed by atoms with van der Waals surface area (Å²) in [5.41, 5.74) is 1.10. The van der Waals surface area contributed by atoms with Crippen molar-refractivity contribution in [2.75, 3.05) is 13.2 Å². The van der Waals surface area contributed by atoms with Crippen LogP contribution in [0.4, 0.5) is 4.79 Å². The molecule has 2 N–H and O–H groups in total. The fraction of sp³-hybridized carbons (Fsp3) is 0.857. The van der Waals surface area contributed by atoms with Crippen LogP contribution < -0.4 is 0 Å². The average molecular weight is 364 g/mol. The molecule has 0 amide bonds. The van der Waals surface area contributed by atoms with Crippen LogP contribution in [0.15, 0.2) is 11.6 Å². The lowest BCUT2D eigenvalue weighted by atomic mass is 9.44. The van der Waals surface area contributed by atoms with Crippen molar-refractivity contribution in [2.45, 2.75) is 71.5 Å².